The Morgan fingerprint density at radius 1 is 1.44 bits per heavy atom. The first-order chi connectivity index (χ1) is 7.49. The van der Waals surface area contributed by atoms with E-state index in [1.54, 1.807) is 0 Å². The highest BCUT2D eigenvalue weighted by atomic mass is 32.2. The number of hydrogen-bond donors (Lipinski definition) is 1. The SMILES string of the molecule is O=C(O)C1=CC(CN2CCCC2)=NS1(=O)=O. The van der Waals surface area contributed by atoms with Crippen LogP contribution < -0.4 is 0 Å². The highest BCUT2D eigenvalue weighted by Crippen LogP contribution is 2.18. The molecule has 7 heteroatoms. The molecule has 0 aromatic rings. The van der Waals surface area contributed by atoms with Crippen LogP contribution >= 0.6 is 0 Å². The number of carbonyl (C=O) groups is 1. The van der Waals surface area contributed by atoms with Crippen LogP contribution in [-0.4, -0.2) is 49.7 Å². The largest absolute Gasteiger partial charge is 0.477 e. The molecule has 0 saturated carbocycles. The summed E-state index contributed by atoms with van der Waals surface area (Å²) in [5, 5.41) is 8.69. The second-order valence-electron chi connectivity index (χ2n) is 3.85. The van der Waals surface area contributed by atoms with Crippen molar-refractivity contribution in [3.8, 4) is 0 Å². The zero-order valence-corrected chi connectivity index (χ0v) is 9.40. The number of rotatable bonds is 3. The average molecular weight is 244 g/mol. The van der Waals surface area contributed by atoms with Crippen LogP contribution in [0.15, 0.2) is 15.4 Å². The van der Waals surface area contributed by atoms with E-state index in [2.05, 4.69) is 9.30 Å². The van der Waals surface area contributed by atoms with E-state index in [0.29, 0.717) is 12.3 Å². The fraction of sp³-hybridized carbons (Fsp3) is 0.556. The van der Waals surface area contributed by atoms with Gasteiger partial charge in [-0.2, -0.15) is 12.8 Å². The first-order valence-corrected chi connectivity index (χ1v) is 6.44. The lowest BCUT2D eigenvalue weighted by molar-refractivity contribution is -0.131. The minimum atomic E-state index is -3.95. The standard InChI is InChI=1S/C9H12N2O4S/c12-9(13)8-5-7(10-16(8,14)15)6-11-3-1-2-4-11/h5H,1-4,6H2,(H,12,13). The molecule has 1 fully saturated rings. The molecule has 0 spiro atoms. The molecule has 0 aromatic heterocycles. The van der Waals surface area contributed by atoms with E-state index in [1.807, 2.05) is 0 Å². The van der Waals surface area contributed by atoms with E-state index in [1.165, 1.54) is 0 Å². The molecular weight excluding hydrogens is 232 g/mol. The summed E-state index contributed by atoms with van der Waals surface area (Å²) in [5.41, 5.74) is 0.319. The highest BCUT2D eigenvalue weighted by Gasteiger charge is 2.30. The molecule has 1 N–H and O–H groups in total. The van der Waals surface area contributed by atoms with E-state index >= 15 is 0 Å². The molecule has 0 amide bonds. The van der Waals surface area contributed by atoms with Gasteiger partial charge < -0.3 is 5.11 Å². The van der Waals surface area contributed by atoms with Gasteiger partial charge in [0.2, 0.25) is 0 Å². The Morgan fingerprint density at radius 2 is 2.06 bits per heavy atom. The lowest BCUT2D eigenvalue weighted by atomic mass is 10.3. The summed E-state index contributed by atoms with van der Waals surface area (Å²) >= 11 is 0. The number of aliphatic carboxylic acids is 1. The average Bonchev–Trinajstić information content (AvgIpc) is 2.73. The third-order valence-electron chi connectivity index (χ3n) is 2.61. The Morgan fingerprint density at radius 3 is 2.56 bits per heavy atom. The molecule has 2 heterocycles. The van der Waals surface area contributed by atoms with Gasteiger partial charge in [-0.25, -0.2) is 4.79 Å². The molecule has 88 valence electrons. The molecule has 0 unspecified atom stereocenters. The topological polar surface area (TPSA) is 87.0 Å². The van der Waals surface area contributed by atoms with Crippen molar-refractivity contribution in [1.82, 2.24) is 4.90 Å². The lowest BCUT2D eigenvalue weighted by Gasteiger charge is -2.12. The zero-order chi connectivity index (χ0) is 11.8. The number of hydrogen-bond acceptors (Lipinski definition) is 4. The van der Waals surface area contributed by atoms with Crippen molar-refractivity contribution < 1.29 is 18.3 Å². The number of carboxylic acid groups (broad SMARTS) is 1. The number of sulfonamides is 1. The number of carboxylic acids is 1. The minimum Gasteiger partial charge on any atom is -0.477 e. The van der Waals surface area contributed by atoms with Gasteiger partial charge in [-0.3, -0.25) is 4.90 Å². The lowest BCUT2D eigenvalue weighted by Crippen LogP contribution is -2.25. The fourth-order valence-electron chi connectivity index (χ4n) is 1.87. The predicted molar refractivity (Wildman–Crippen MR) is 57.7 cm³/mol. The molecule has 2 aliphatic rings. The molecule has 0 aliphatic carbocycles. The number of likely N-dealkylation sites (tertiary alicyclic amines) is 1. The van der Waals surface area contributed by atoms with Crippen LogP contribution in [0.5, 0.6) is 0 Å². The molecule has 2 rings (SSSR count). The molecule has 2 aliphatic heterocycles. The van der Waals surface area contributed by atoms with Crippen LogP contribution in [0, 0.1) is 0 Å². The molecule has 0 aromatic carbocycles. The fourth-order valence-corrected chi connectivity index (χ4v) is 2.90. The molecule has 1 saturated heterocycles. The van der Waals surface area contributed by atoms with Crippen molar-refractivity contribution in [2.75, 3.05) is 19.6 Å². The van der Waals surface area contributed by atoms with E-state index in [9.17, 15) is 13.2 Å². The summed E-state index contributed by atoms with van der Waals surface area (Å²) in [5.74, 6) is -1.44. The van der Waals surface area contributed by atoms with Crippen molar-refractivity contribution in [3.05, 3.63) is 11.0 Å². The Hall–Kier alpha value is -1.21. The maximum absolute atomic E-state index is 11.3. The third kappa shape index (κ3) is 2.14. The van der Waals surface area contributed by atoms with Crippen LogP contribution in [0.1, 0.15) is 12.8 Å². The van der Waals surface area contributed by atoms with Crippen molar-refractivity contribution in [1.29, 1.82) is 0 Å². The normalized spacial score (nSPS) is 24.2. The van der Waals surface area contributed by atoms with Gasteiger partial charge in [-0.1, -0.05) is 0 Å². The summed E-state index contributed by atoms with van der Waals surface area (Å²) in [6.45, 7) is 2.24. The molecule has 0 radical (unpaired) electrons. The quantitative estimate of drug-likeness (QED) is 0.745. The van der Waals surface area contributed by atoms with Gasteiger partial charge in [0, 0.05) is 6.54 Å². The Kier molecular flexibility index (Phi) is 2.81. The van der Waals surface area contributed by atoms with Crippen molar-refractivity contribution in [3.63, 3.8) is 0 Å². The van der Waals surface area contributed by atoms with Crippen molar-refractivity contribution >= 4 is 21.7 Å². The van der Waals surface area contributed by atoms with E-state index in [4.69, 9.17) is 5.11 Å². The molecule has 16 heavy (non-hydrogen) atoms. The van der Waals surface area contributed by atoms with Crippen LogP contribution in [0.25, 0.3) is 0 Å². The van der Waals surface area contributed by atoms with Gasteiger partial charge in [-0.15, -0.1) is 0 Å². The van der Waals surface area contributed by atoms with Gasteiger partial charge in [-0.05, 0) is 32.0 Å². The van der Waals surface area contributed by atoms with Crippen LogP contribution in [0.2, 0.25) is 0 Å². The van der Waals surface area contributed by atoms with Gasteiger partial charge in [0.25, 0.3) is 10.0 Å². The Labute approximate surface area is 93.3 Å². The highest BCUT2D eigenvalue weighted by molar-refractivity contribution is 7.95. The summed E-state index contributed by atoms with van der Waals surface area (Å²) < 4.78 is 26.1. The van der Waals surface area contributed by atoms with E-state index in [-0.39, 0.29) is 0 Å². The summed E-state index contributed by atoms with van der Waals surface area (Å²) in [7, 11) is -3.95. The molecule has 0 bridgehead atoms. The van der Waals surface area contributed by atoms with Gasteiger partial charge in [0.1, 0.15) is 0 Å². The molecular formula is C9H12N2O4S. The molecule has 0 atom stereocenters. The molecule has 6 nitrogen and oxygen atoms in total. The summed E-state index contributed by atoms with van der Waals surface area (Å²) in [6, 6.07) is 0. The first kappa shape index (κ1) is 11.3. The predicted octanol–water partition coefficient (Wildman–Crippen LogP) is -0.165. The summed E-state index contributed by atoms with van der Waals surface area (Å²) in [6.07, 6.45) is 3.33. The Bertz CT molecular complexity index is 472. The third-order valence-corrected chi connectivity index (χ3v) is 3.93. The number of nitrogens with zero attached hydrogens (tertiary/aromatic N) is 2. The Balaban J connectivity index is 2.15. The zero-order valence-electron chi connectivity index (χ0n) is 8.59. The van der Waals surface area contributed by atoms with E-state index < -0.39 is 20.9 Å². The monoisotopic (exact) mass is 244 g/mol. The van der Waals surface area contributed by atoms with Gasteiger partial charge >= 0.3 is 5.97 Å². The first-order valence-electron chi connectivity index (χ1n) is 5.00. The second-order valence-corrected chi connectivity index (χ2v) is 5.43. The summed E-state index contributed by atoms with van der Waals surface area (Å²) in [4.78, 5) is 12.1. The van der Waals surface area contributed by atoms with Gasteiger partial charge in [0.15, 0.2) is 4.91 Å². The van der Waals surface area contributed by atoms with Crippen LogP contribution in [-0.2, 0) is 14.8 Å². The van der Waals surface area contributed by atoms with E-state index in [0.717, 1.165) is 32.0 Å². The van der Waals surface area contributed by atoms with Crippen molar-refractivity contribution in [2.24, 2.45) is 4.40 Å². The van der Waals surface area contributed by atoms with Gasteiger partial charge in [0.05, 0.1) is 5.71 Å². The smallest absolute Gasteiger partial charge is 0.349 e. The van der Waals surface area contributed by atoms with Crippen LogP contribution in [0.4, 0.5) is 0 Å². The van der Waals surface area contributed by atoms with Crippen LogP contribution in [0.3, 0.4) is 0 Å². The van der Waals surface area contributed by atoms with Crippen molar-refractivity contribution in [2.45, 2.75) is 12.8 Å². The maximum Gasteiger partial charge on any atom is 0.349 e. The second kappa shape index (κ2) is 3.99. The maximum atomic E-state index is 11.3. The minimum absolute atomic E-state index is 0.319.